The minimum atomic E-state index is -4.75. The van der Waals surface area contributed by atoms with Crippen LogP contribution in [0.25, 0.3) is 5.52 Å². The second-order valence-corrected chi connectivity index (χ2v) is 7.74. The largest absolute Gasteiger partial charge is 0.414 e. The van der Waals surface area contributed by atoms with Crippen LogP contribution in [-0.4, -0.2) is 46.0 Å². The van der Waals surface area contributed by atoms with Crippen LogP contribution in [0, 0.1) is 0 Å². The number of hydrogen-bond acceptors (Lipinski definition) is 3. The monoisotopic (exact) mass is 454 g/mol. The van der Waals surface area contributed by atoms with E-state index in [-0.39, 0.29) is 43.9 Å². The highest BCUT2D eigenvalue weighted by atomic mass is 19.4. The molecule has 1 unspecified atom stereocenters. The van der Waals surface area contributed by atoms with E-state index in [9.17, 15) is 26.7 Å². The summed E-state index contributed by atoms with van der Waals surface area (Å²) < 4.78 is 69.4. The minimum absolute atomic E-state index is 0.0480. The summed E-state index contributed by atoms with van der Waals surface area (Å²) in [4.78, 5) is 21.3. The molecule has 1 atom stereocenters. The molecular formula is C21H21F5N5O+. The molecule has 6 nitrogen and oxygen atoms in total. The Kier molecular flexibility index (Phi) is 5.85. The number of amides is 1. The number of halogens is 5. The first kappa shape index (κ1) is 22.1. The zero-order valence-corrected chi connectivity index (χ0v) is 16.9. The highest BCUT2D eigenvalue weighted by molar-refractivity contribution is 5.98. The van der Waals surface area contributed by atoms with Gasteiger partial charge in [-0.1, -0.05) is 12.1 Å². The van der Waals surface area contributed by atoms with Crippen LogP contribution in [0.2, 0.25) is 0 Å². The van der Waals surface area contributed by atoms with Gasteiger partial charge < -0.3 is 5.32 Å². The maximum atomic E-state index is 13.6. The number of alkyl halides is 5. The van der Waals surface area contributed by atoms with Gasteiger partial charge in [-0.2, -0.15) is 17.6 Å². The van der Waals surface area contributed by atoms with Gasteiger partial charge in [0.15, 0.2) is 11.6 Å². The number of carbonyl (C=O) groups excluding carboxylic acids is 1. The van der Waals surface area contributed by atoms with Gasteiger partial charge in [0.25, 0.3) is 17.7 Å². The maximum absolute atomic E-state index is 13.6. The Labute approximate surface area is 180 Å². The van der Waals surface area contributed by atoms with Crippen molar-refractivity contribution >= 4 is 11.4 Å². The number of aromatic amines is 1. The second-order valence-electron chi connectivity index (χ2n) is 7.74. The molecule has 0 aromatic carbocycles. The lowest BCUT2D eigenvalue weighted by molar-refractivity contribution is -0.523. The van der Waals surface area contributed by atoms with E-state index in [1.165, 1.54) is 24.4 Å². The summed E-state index contributed by atoms with van der Waals surface area (Å²) in [5.41, 5.74) is 0.00346. The van der Waals surface area contributed by atoms with E-state index in [1.807, 2.05) is 10.2 Å². The quantitative estimate of drug-likeness (QED) is 0.459. The van der Waals surface area contributed by atoms with E-state index >= 15 is 0 Å². The van der Waals surface area contributed by atoms with Gasteiger partial charge in [0, 0.05) is 32.1 Å². The van der Waals surface area contributed by atoms with Crippen molar-refractivity contribution in [2.24, 2.45) is 0 Å². The number of carbonyl (C=O) groups is 1. The molecule has 0 bridgehead atoms. The molecule has 2 N–H and O–H groups in total. The zero-order chi connectivity index (χ0) is 22.9. The molecule has 1 aliphatic heterocycles. The van der Waals surface area contributed by atoms with E-state index in [1.54, 1.807) is 28.8 Å². The zero-order valence-electron chi connectivity index (χ0n) is 16.9. The van der Waals surface area contributed by atoms with Crippen molar-refractivity contribution in [3.8, 4) is 0 Å². The standard InChI is InChI=1S/C21H20F5N5O/c22-20(23)7-11-30(12-8-20)13-16-28-17(15-6-2-4-10-31(15)16)19(32)29-18(21(24,25)26)14-5-1-3-9-27-14/h1-6,9-10,18H,7-8,11-13H2,(H,29,32)/p+1. The maximum Gasteiger partial charge on any atom is 0.414 e. The number of imidazole rings is 1. The molecular weight excluding hydrogens is 433 g/mol. The predicted molar refractivity (Wildman–Crippen MR) is 104 cm³/mol. The summed E-state index contributed by atoms with van der Waals surface area (Å²) in [6.45, 7) is 0.605. The van der Waals surface area contributed by atoms with Gasteiger partial charge in [0.1, 0.15) is 6.54 Å². The van der Waals surface area contributed by atoms with E-state index < -0.39 is 24.0 Å². The molecule has 1 saturated heterocycles. The highest BCUT2D eigenvalue weighted by Crippen LogP contribution is 2.32. The summed E-state index contributed by atoms with van der Waals surface area (Å²) >= 11 is 0. The number of rotatable bonds is 5. The number of piperidine rings is 1. The van der Waals surface area contributed by atoms with E-state index in [0.717, 1.165) is 0 Å². The Morgan fingerprint density at radius 3 is 2.56 bits per heavy atom. The summed E-state index contributed by atoms with van der Waals surface area (Å²) in [6, 6.07) is 6.77. The lowest BCUT2D eigenvalue weighted by atomic mass is 10.1. The van der Waals surface area contributed by atoms with Gasteiger partial charge in [0.2, 0.25) is 5.69 Å². The summed E-state index contributed by atoms with van der Waals surface area (Å²) in [6.07, 6.45) is -2.39. The molecule has 0 saturated carbocycles. The molecule has 0 spiro atoms. The number of hydrogen-bond donors (Lipinski definition) is 2. The van der Waals surface area contributed by atoms with Crippen LogP contribution in [0.4, 0.5) is 22.0 Å². The fourth-order valence-electron chi connectivity index (χ4n) is 3.76. The molecule has 170 valence electrons. The molecule has 0 radical (unpaired) electrons. The van der Waals surface area contributed by atoms with Crippen molar-refractivity contribution in [1.82, 2.24) is 20.2 Å². The Morgan fingerprint density at radius 1 is 1.19 bits per heavy atom. The summed E-state index contributed by atoms with van der Waals surface area (Å²) in [7, 11) is 0. The van der Waals surface area contributed by atoms with Crippen LogP contribution < -0.4 is 9.72 Å². The fourth-order valence-corrected chi connectivity index (χ4v) is 3.76. The molecule has 1 amide bonds. The van der Waals surface area contributed by atoms with Gasteiger partial charge in [0.05, 0.1) is 11.9 Å². The number of nitrogens with zero attached hydrogens (tertiary/aromatic N) is 3. The number of nitrogens with one attached hydrogen (secondary N) is 2. The number of fused-ring (bicyclic) bond motifs is 1. The minimum Gasteiger partial charge on any atom is -0.332 e. The van der Waals surface area contributed by atoms with Crippen molar-refractivity contribution in [2.45, 2.75) is 37.5 Å². The smallest absolute Gasteiger partial charge is 0.332 e. The number of H-pyrrole nitrogens is 1. The third-order valence-electron chi connectivity index (χ3n) is 5.45. The van der Waals surface area contributed by atoms with Crippen LogP contribution in [0.1, 0.15) is 40.9 Å². The van der Waals surface area contributed by atoms with Crippen molar-refractivity contribution in [3.63, 3.8) is 0 Å². The van der Waals surface area contributed by atoms with Gasteiger partial charge >= 0.3 is 6.18 Å². The van der Waals surface area contributed by atoms with Crippen LogP contribution in [-0.2, 0) is 6.54 Å². The van der Waals surface area contributed by atoms with Gasteiger partial charge in [-0.3, -0.25) is 14.7 Å². The van der Waals surface area contributed by atoms with Crippen molar-refractivity contribution in [1.29, 1.82) is 0 Å². The molecule has 0 aliphatic carbocycles. The lowest BCUT2D eigenvalue weighted by Gasteiger charge is -2.30. The van der Waals surface area contributed by atoms with Crippen molar-refractivity contribution in [2.75, 3.05) is 13.1 Å². The van der Waals surface area contributed by atoms with E-state index in [2.05, 4.69) is 9.97 Å². The van der Waals surface area contributed by atoms with Crippen LogP contribution in [0.15, 0.2) is 48.8 Å². The number of likely N-dealkylation sites (tertiary alicyclic amines) is 1. The Bertz CT molecular complexity index is 1090. The first-order valence-corrected chi connectivity index (χ1v) is 10.0. The number of pyridine rings is 2. The van der Waals surface area contributed by atoms with Crippen LogP contribution >= 0.6 is 0 Å². The molecule has 3 aromatic heterocycles. The first-order valence-electron chi connectivity index (χ1n) is 10.0. The molecule has 1 aliphatic rings. The number of aromatic nitrogens is 3. The van der Waals surface area contributed by atoms with Crippen molar-refractivity contribution in [3.05, 3.63) is 66.0 Å². The van der Waals surface area contributed by atoms with Crippen LogP contribution in [0.3, 0.4) is 0 Å². The molecule has 11 heteroatoms. The summed E-state index contributed by atoms with van der Waals surface area (Å²) in [5.74, 6) is -3.12. The predicted octanol–water partition coefficient (Wildman–Crippen LogP) is 3.41. The highest BCUT2D eigenvalue weighted by Gasteiger charge is 2.44. The van der Waals surface area contributed by atoms with Crippen molar-refractivity contribution < 1.29 is 31.1 Å². The normalized spacial score (nSPS) is 17.9. The van der Waals surface area contributed by atoms with E-state index in [0.29, 0.717) is 11.3 Å². The summed E-state index contributed by atoms with van der Waals surface area (Å²) in [5, 5.41) is 2.03. The molecule has 3 aromatic rings. The Morgan fingerprint density at radius 2 is 1.91 bits per heavy atom. The third kappa shape index (κ3) is 4.72. The van der Waals surface area contributed by atoms with Gasteiger partial charge in [-0.25, -0.2) is 13.8 Å². The molecule has 32 heavy (non-hydrogen) atoms. The fraction of sp³-hybridized carbons (Fsp3) is 0.381. The molecule has 1 fully saturated rings. The SMILES string of the molecule is O=C(NC(c1ccccn1)C(F)(F)F)c1[nH]c(CN2CCC(F)(F)CC2)[n+]2ccccc12. The van der Waals surface area contributed by atoms with E-state index in [4.69, 9.17) is 0 Å². The average molecular weight is 454 g/mol. The third-order valence-corrected chi connectivity index (χ3v) is 5.45. The van der Waals surface area contributed by atoms with Gasteiger partial charge in [-0.15, -0.1) is 0 Å². The lowest BCUT2D eigenvalue weighted by Crippen LogP contribution is -2.40. The first-order chi connectivity index (χ1) is 15.1. The van der Waals surface area contributed by atoms with Gasteiger partial charge in [-0.05, 0) is 24.3 Å². The van der Waals surface area contributed by atoms with Crippen LogP contribution in [0.5, 0.6) is 0 Å². The molecule has 4 heterocycles. The average Bonchev–Trinajstić information content (AvgIpc) is 3.12. The Balaban J connectivity index is 1.61. The Hall–Kier alpha value is -3.08. The second kappa shape index (κ2) is 8.45. The molecule has 4 rings (SSSR count). The topological polar surface area (TPSA) is 65.1 Å².